The van der Waals surface area contributed by atoms with Crippen molar-refractivity contribution in [1.29, 1.82) is 0 Å². The number of hydrogen-bond donors (Lipinski definition) is 1. The molecule has 3 aromatic carbocycles. The van der Waals surface area contributed by atoms with E-state index in [1.807, 2.05) is 35.0 Å². The van der Waals surface area contributed by atoms with Crippen molar-refractivity contribution in [2.75, 3.05) is 0 Å². The van der Waals surface area contributed by atoms with Gasteiger partial charge in [0.25, 0.3) is 0 Å². The van der Waals surface area contributed by atoms with Crippen molar-refractivity contribution in [3.05, 3.63) is 73.3 Å². The zero-order chi connectivity index (χ0) is 17.8. The van der Waals surface area contributed by atoms with Gasteiger partial charge in [-0.15, -0.1) is 11.3 Å². The molecule has 6 aromatic rings. The van der Waals surface area contributed by atoms with Gasteiger partial charge in [0.2, 0.25) is 11.9 Å². The molecule has 0 atom stereocenters. The van der Waals surface area contributed by atoms with Crippen LogP contribution < -0.4 is 4.68 Å². The predicted octanol–water partition coefficient (Wildman–Crippen LogP) is 4.86. The summed E-state index contributed by atoms with van der Waals surface area (Å²) in [6.45, 7) is 0. The van der Waals surface area contributed by atoms with E-state index in [2.05, 4.69) is 46.6 Å². The zero-order valence-electron chi connectivity index (χ0n) is 14.1. The highest BCUT2D eigenvalue weighted by Gasteiger charge is 2.14. The Bertz CT molecular complexity index is 1410. The van der Waals surface area contributed by atoms with Gasteiger partial charge in [0.1, 0.15) is 16.0 Å². The van der Waals surface area contributed by atoms with Gasteiger partial charge in [-0.3, -0.25) is 0 Å². The summed E-state index contributed by atoms with van der Waals surface area (Å²) in [5.41, 5.74) is 5.84. The first kappa shape index (κ1) is 14.6. The van der Waals surface area contributed by atoms with Crippen molar-refractivity contribution in [2.45, 2.75) is 0 Å². The van der Waals surface area contributed by atoms with Crippen LogP contribution in [0, 0.1) is 0 Å². The third-order valence-electron chi connectivity index (χ3n) is 4.70. The lowest BCUT2D eigenvalue weighted by molar-refractivity contribution is -0.652. The fraction of sp³-hybridized carbons (Fsp3) is 0. The highest BCUT2D eigenvalue weighted by molar-refractivity contribution is 7.21. The number of para-hydroxylation sites is 1. The molecule has 0 fully saturated rings. The van der Waals surface area contributed by atoms with Crippen molar-refractivity contribution in [3.8, 4) is 16.3 Å². The van der Waals surface area contributed by atoms with Gasteiger partial charge in [-0.25, -0.2) is 9.97 Å². The summed E-state index contributed by atoms with van der Waals surface area (Å²) >= 11 is 1.68. The summed E-state index contributed by atoms with van der Waals surface area (Å²) in [5.74, 6) is 0. The normalized spacial score (nSPS) is 11.7. The summed E-state index contributed by atoms with van der Waals surface area (Å²) in [7, 11) is 0. The molecule has 0 aliphatic carbocycles. The van der Waals surface area contributed by atoms with Crippen LogP contribution in [0.3, 0.4) is 0 Å². The standard InChI is InChI=1S/C21H12N4OS/c1-2-4-16-14(3-1)11-25(24-16)15-6-8-20-18(10-15)23-21(27-20)13-5-7-19-17(9-13)22-12-26-19/h1-12H/p+1. The number of nitrogens with one attached hydrogen (secondary N) is 1. The van der Waals surface area contributed by atoms with Crippen molar-refractivity contribution in [2.24, 2.45) is 0 Å². The minimum absolute atomic E-state index is 0.789. The second-order valence-electron chi connectivity index (χ2n) is 6.40. The number of fused-ring (bicyclic) bond motifs is 3. The van der Waals surface area contributed by atoms with E-state index in [1.54, 1.807) is 11.3 Å². The minimum atomic E-state index is 0.789. The van der Waals surface area contributed by atoms with E-state index in [0.29, 0.717) is 0 Å². The average molecular weight is 369 g/mol. The molecule has 6 heteroatoms. The van der Waals surface area contributed by atoms with Gasteiger partial charge < -0.3 is 4.42 Å². The van der Waals surface area contributed by atoms with E-state index in [9.17, 15) is 0 Å². The molecule has 128 valence electrons. The van der Waals surface area contributed by atoms with Crippen molar-refractivity contribution in [3.63, 3.8) is 0 Å². The molecule has 0 bridgehead atoms. The molecule has 1 N–H and O–H groups in total. The number of nitrogens with zero attached hydrogens (tertiary/aromatic N) is 3. The summed E-state index contributed by atoms with van der Waals surface area (Å²) < 4.78 is 8.51. The summed E-state index contributed by atoms with van der Waals surface area (Å²) in [5, 5.41) is 5.56. The third kappa shape index (κ3) is 2.34. The van der Waals surface area contributed by atoms with Crippen LogP contribution in [0.25, 0.3) is 48.5 Å². The molecule has 6 rings (SSSR count). The molecule has 0 saturated heterocycles. The Hall–Kier alpha value is -3.51. The van der Waals surface area contributed by atoms with Gasteiger partial charge in [-0.2, -0.15) is 5.10 Å². The zero-order valence-corrected chi connectivity index (χ0v) is 14.9. The summed E-state index contributed by atoms with van der Waals surface area (Å²) in [6.07, 6.45) is 3.57. The molecule has 3 heterocycles. The molecule has 0 saturated carbocycles. The molecule has 0 amide bonds. The topological polar surface area (TPSA) is 58.6 Å². The molecule has 3 aromatic heterocycles. The monoisotopic (exact) mass is 369 g/mol. The molecular weight excluding hydrogens is 356 g/mol. The number of benzene rings is 3. The first-order chi connectivity index (χ1) is 13.3. The van der Waals surface area contributed by atoms with Gasteiger partial charge in [-0.1, -0.05) is 16.8 Å². The van der Waals surface area contributed by atoms with Gasteiger partial charge in [0.15, 0.2) is 12.0 Å². The Morgan fingerprint density at radius 3 is 2.89 bits per heavy atom. The van der Waals surface area contributed by atoms with Crippen LogP contribution in [0.2, 0.25) is 0 Å². The molecule has 27 heavy (non-hydrogen) atoms. The predicted molar refractivity (Wildman–Crippen MR) is 106 cm³/mol. The Morgan fingerprint density at radius 2 is 1.93 bits per heavy atom. The number of oxazole rings is 1. The van der Waals surface area contributed by atoms with Crippen molar-refractivity contribution < 1.29 is 9.10 Å². The van der Waals surface area contributed by atoms with E-state index < -0.39 is 0 Å². The Kier molecular flexibility index (Phi) is 2.98. The Morgan fingerprint density at radius 1 is 0.963 bits per heavy atom. The van der Waals surface area contributed by atoms with Gasteiger partial charge in [0.05, 0.1) is 15.6 Å². The lowest BCUT2D eigenvalue weighted by Crippen LogP contribution is -2.31. The lowest BCUT2D eigenvalue weighted by Gasteiger charge is -1.94. The van der Waals surface area contributed by atoms with Crippen LogP contribution in [0.5, 0.6) is 0 Å². The quantitative estimate of drug-likeness (QED) is 0.443. The molecule has 0 unspecified atom stereocenters. The van der Waals surface area contributed by atoms with Crippen LogP contribution in [0.4, 0.5) is 0 Å². The van der Waals surface area contributed by atoms with Crippen LogP contribution >= 0.6 is 11.3 Å². The molecule has 0 radical (unpaired) electrons. The Labute approximate surface area is 157 Å². The second-order valence-corrected chi connectivity index (χ2v) is 7.43. The third-order valence-corrected chi connectivity index (χ3v) is 5.78. The molecule has 0 aliphatic rings. The van der Waals surface area contributed by atoms with Gasteiger partial charge in [0, 0.05) is 17.7 Å². The fourth-order valence-corrected chi connectivity index (χ4v) is 4.27. The maximum atomic E-state index is 5.32. The Balaban J connectivity index is 1.46. The molecular formula is C21H13N4OS+. The highest BCUT2D eigenvalue weighted by Crippen LogP contribution is 2.32. The van der Waals surface area contributed by atoms with Crippen molar-refractivity contribution >= 4 is 43.6 Å². The summed E-state index contributed by atoms with van der Waals surface area (Å²) in [6, 6.07) is 20.6. The molecule has 5 nitrogen and oxygen atoms in total. The second kappa shape index (κ2) is 5.49. The van der Waals surface area contributed by atoms with Gasteiger partial charge >= 0.3 is 0 Å². The highest BCUT2D eigenvalue weighted by atomic mass is 32.1. The molecule has 0 aliphatic heterocycles. The number of hydrogen-bond acceptors (Lipinski definition) is 4. The van der Waals surface area contributed by atoms with E-state index in [4.69, 9.17) is 9.40 Å². The smallest absolute Gasteiger partial charge is 0.237 e. The number of H-pyrrole nitrogens is 1. The number of thiazole rings is 1. The average Bonchev–Trinajstić information content (AvgIpc) is 3.42. The molecule has 0 spiro atoms. The number of aromatic nitrogens is 4. The summed E-state index contributed by atoms with van der Waals surface area (Å²) in [4.78, 5) is 9.08. The fourth-order valence-electron chi connectivity index (χ4n) is 3.33. The van der Waals surface area contributed by atoms with E-state index in [0.717, 1.165) is 43.1 Å². The van der Waals surface area contributed by atoms with Crippen molar-refractivity contribution in [1.82, 2.24) is 15.1 Å². The van der Waals surface area contributed by atoms with E-state index in [1.165, 1.54) is 11.8 Å². The van der Waals surface area contributed by atoms with Gasteiger partial charge in [-0.05, 0) is 36.4 Å². The lowest BCUT2D eigenvalue weighted by atomic mass is 10.2. The van der Waals surface area contributed by atoms with Crippen LogP contribution in [-0.4, -0.2) is 15.1 Å². The SMILES string of the molecule is c1ccc2[nH][n+](-c3ccc4sc(-c5ccc6ocnc6c5)nc4c3)cc2c1. The number of aromatic amines is 1. The maximum Gasteiger partial charge on any atom is 0.237 e. The van der Waals surface area contributed by atoms with Crippen LogP contribution in [0.1, 0.15) is 0 Å². The first-order valence-corrected chi connectivity index (χ1v) is 9.39. The van der Waals surface area contributed by atoms with E-state index >= 15 is 0 Å². The maximum absolute atomic E-state index is 5.32. The first-order valence-electron chi connectivity index (χ1n) is 8.57. The minimum Gasteiger partial charge on any atom is -0.443 e. The number of rotatable bonds is 2. The van der Waals surface area contributed by atoms with Crippen LogP contribution in [-0.2, 0) is 0 Å². The van der Waals surface area contributed by atoms with E-state index in [-0.39, 0.29) is 0 Å². The largest absolute Gasteiger partial charge is 0.443 e. The van der Waals surface area contributed by atoms with Crippen LogP contribution in [0.15, 0.2) is 77.7 Å².